The third kappa shape index (κ3) is 1.39. The molecule has 1 heteroatoms. The van der Waals surface area contributed by atoms with Crippen molar-refractivity contribution in [2.75, 3.05) is 0 Å². The molecule has 0 aromatic carbocycles. The third-order valence-electron chi connectivity index (χ3n) is 1.80. The van der Waals surface area contributed by atoms with E-state index >= 15 is 0 Å². The topological polar surface area (TPSA) is 0 Å². The smallest absolute Gasteiger partial charge is 0.0905 e. The standard InChI is InChI=1S/C7H13B/c1-6-3-2-4-7(8)5-6/h5,7H,2-4,8H2,1H3. The van der Waals surface area contributed by atoms with Crippen LogP contribution in [0.1, 0.15) is 26.2 Å². The molecule has 0 aliphatic heterocycles. The zero-order valence-corrected chi connectivity index (χ0v) is 5.78. The van der Waals surface area contributed by atoms with Gasteiger partial charge in [0.25, 0.3) is 0 Å². The minimum atomic E-state index is 0.851. The average molecular weight is 108 g/mol. The van der Waals surface area contributed by atoms with E-state index < -0.39 is 0 Å². The van der Waals surface area contributed by atoms with Crippen molar-refractivity contribution in [3.63, 3.8) is 0 Å². The Balaban J connectivity index is 2.50. The molecule has 0 saturated heterocycles. The molecule has 0 bridgehead atoms. The van der Waals surface area contributed by atoms with Crippen LogP contribution in [-0.4, -0.2) is 7.85 Å². The van der Waals surface area contributed by atoms with E-state index in [-0.39, 0.29) is 0 Å². The molecule has 0 aromatic heterocycles. The molecule has 0 heterocycles. The van der Waals surface area contributed by atoms with Gasteiger partial charge < -0.3 is 0 Å². The molecule has 1 aliphatic carbocycles. The Morgan fingerprint density at radius 1 is 1.75 bits per heavy atom. The van der Waals surface area contributed by atoms with Crippen molar-refractivity contribution in [1.29, 1.82) is 0 Å². The van der Waals surface area contributed by atoms with Crippen molar-refractivity contribution < 1.29 is 0 Å². The van der Waals surface area contributed by atoms with Crippen molar-refractivity contribution in [2.45, 2.75) is 32.0 Å². The van der Waals surface area contributed by atoms with Gasteiger partial charge in [-0.15, -0.1) is 0 Å². The molecule has 44 valence electrons. The zero-order chi connectivity index (χ0) is 5.98. The lowest BCUT2D eigenvalue weighted by Crippen LogP contribution is -1.96. The van der Waals surface area contributed by atoms with Crippen LogP contribution in [0.2, 0.25) is 5.82 Å². The summed E-state index contributed by atoms with van der Waals surface area (Å²) in [6.07, 6.45) is 6.54. The second-order valence-electron chi connectivity index (χ2n) is 2.88. The Hall–Kier alpha value is -0.195. The van der Waals surface area contributed by atoms with E-state index in [9.17, 15) is 0 Å². The first-order chi connectivity index (χ1) is 3.79. The SMILES string of the molecule is BC1C=C(C)CCC1. The summed E-state index contributed by atoms with van der Waals surface area (Å²) < 4.78 is 0. The van der Waals surface area contributed by atoms with Crippen LogP contribution >= 0.6 is 0 Å². The molecular formula is C7H13B. The Morgan fingerprint density at radius 2 is 2.50 bits per heavy atom. The van der Waals surface area contributed by atoms with Gasteiger partial charge in [0.15, 0.2) is 0 Å². The van der Waals surface area contributed by atoms with Crippen molar-refractivity contribution in [3.05, 3.63) is 11.6 Å². The van der Waals surface area contributed by atoms with E-state index in [1.54, 1.807) is 5.57 Å². The Morgan fingerprint density at radius 3 is 2.88 bits per heavy atom. The first-order valence-electron chi connectivity index (χ1n) is 3.46. The maximum atomic E-state index is 2.39. The van der Waals surface area contributed by atoms with Gasteiger partial charge in [-0.25, -0.2) is 0 Å². The number of hydrogen-bond donors (Lipinski definition) is 0. The number of hydrogen-bond acceptors (Lipinski definition) is 0. The van der Waals surface area contributed by atoms with Crippen molar-refractivity contribution in [3.8, 4) is 0 Å². The first kappa shape index (κ1) is 5.93. The van der Waals surface area contributed by atoms with E-state index in [2.05, 4.69) is 20.8 Å². The number of allylic oxidation sites excluding steroid dienone is 2. The maximum Gasteiger partial charge on any atom is 0.110 e. The largest absolute Gasteiger partial charge is 0.110 e. The van der Waals surface area contributed by atoms with E-state index in [1.165, 1.54) is 19.3 Å². The molecule has 0 spiro atoms. The van der Waals surface area contributed by atoms with Gasteiger partial charge in [-0.05, 0) is 19.8 Å². The van der Waals surface area contributed by atoms with E-state index in [4.69, 9.17) is 0 Å². The normalized spacial score (nSPS) is 29.6. The number of rotatable bonds is 0. The van der Waals surface area contributed by atoms with Gasteiger partial charge in [0.1, 0.15) is 7.85 Å². The van der Waals surface area contributed by atoms with Crippen LogP contribution in [0.25, 0.3) is 0 Å². The fraction of sp³-hybridized carbons (Fsp3) is 0.714. The molecule has 1 atom stereocenters. The highest BCUT2D eigenvalue weighted by Gasteiger charge is 2.04. The Bertz CT molecular complexity index is 105. The minimum Gasteiger partial charge on any atom is -0.0905 e. The van der Waals surface area contributed by atoms with Crippen molar-refractivity contribution in [2.24, 2.45) is 0 Å². The second-order valence-corrected chi connectivity index (χ2v) is 2.88. The van der Waals surface area contributed by atoms with E-state index in [0.717, 1.165) is 5.82 Å². The summed E-state index contributed by atoms with van der Waals surface area (Å²) in [5, 5.41) is 0. The molecule has 1 unspecified atom stereocenters. The average Bonchev–Trinajstić information content (AvgIpc) is 1.64. The fourth-order valence-electron chi connectivity index (χ4n) is 1.36. The van der Waals surface area contributed by atoms with Crippen LogP contribution in [0.3, 0.4) is 0 Å². The molecule has 0 aromatic rings. The highest BCUT2D eigenvalue weighted by atomic mass is 14.1. The van der Waals surface area contributed by atoms with Crippen LogP contribution in [-0.2, 0) is 0 Å². The van der Waals surface area contributed by atoms with Gasteiger partial charge in [0, 0.05) is 0 Å². The van der Waals surface area contributed by atoms with Crippen LogP contribution in [0.4, 0.5) is 0 Å². The lowest BCUT2D eigenvalue weighted by molar-refractivity contribution is 0.700. The van der Waals surface area contributed by atoms with Crippen LogP contribution in [0, 0.1) is 0 Å². The Labute approximate surface area is 52.4 Å². The molecule has 0 radical (unpaired) electrons. The zero-order valence-electron chi connectivity index (χ0n) is 5.78. The molecule has 0 amide bonds. The highest BCUT2D eigenvalue weighted by molar-refractivity contribution is 6.13. The van der Waals surface area contributed by atoms with Gasteiger partial charge in [-0.3, -0.25) is 0 Å². The molecule has 0 N–H and O–H groups in total. The molecule has 0 fully saturated rings. The predicted octanol–water partition coefficient (Wildman–Crippen LogP) is 1.54. The van der Waals surface area contributed by atoms with Crippen LogP contribution in [0.5, 0.6) is 0 Å². The van der Waals surface area contributed by atoms with Crippen LogP contribution in [0.15, 0.2) is 11.6 Å². The summed E-state index contributed by atoms with van der Waals surface area (Å²) in [6, 6.07) is 0. The molecular weight excluding hydrogens is 94.9 g/mol. The summed E-state index contributed by atoms with van der Waals surface area (Å²) in [4.78, 5) is 0. The van der Waals surface area contributed by atoms with Crippen LogP contribution < -0.4 is 0 Å². The summed E-state index contributed by atoms with van der Waals surface area (Å²) >= 11 is 0. The summed E-state index contributed by atoms with van der Waals surface area (Å²) in [5.41, 5.74) is 1.59. The first-order valence-corrected chi connectivity index (χ1v) is 3.46. The van der Waals surface area contributed by atoms with Crippen molar-refractivity contribution in [1.82, 2.24) is 0 Å². The van der Waals surface area contributed by atoms with Crippen molar-refractivity contribution >= 4 is 7.85 Å². The molecule has 1 rings (SSSR count). The monoisotopic (exact) mass is 108 g/mol. The van der Waals surface area contributed by atoms with E-state index in [1.807, 2.05) is 0 Å². The molecule has 1 aliphatic rings. The van der Waals surface area contributed by atoms with Gasteiger partial charge in [0.2, 0.25) is 0 Å². The minimum absolute atomic E-state index is 0.851. The lowest BCUT2D eigenvalue weighted by atomic mass is 9.78. The van der Waals surface area contributed by atoms with E-state index in [0.29, 0.717) is 0 Å². The molecule has 0 saturated carbocycles. The molecule has 8 heavy (non-hydrogen) atoms. The summed E-state index contributed by atoms with van der Waals surface area (Å²) in [5.74, 6) is 0.851. The quantitative estimate of drug-likeness (QED) is 0.326. The lowest BCUT2D eigenvalue weighted by Gasteiger charge is -2.13. The maximum absolute atomic E-state index is 2.39. The van der Waals surface area contributed by atoms with Gasteiger partial charge in [-0.2, -0.15) is 0 Å². The summed E-state index contributed by atoms with van der Waals surface area (Å²) in [6.45, 7) is 2.23. The Kier molecular flexibility index (Phi) is 1.77. The third-order valence-corrected chi connectivity index (χ3v) is 1.80. The van der Waals surface area contributed by atoms with Gasteiger partial charge in [-0.1, -0.05) is 23.9 Å². The van der Waals surface area contributed by atoms with Gasteiger partial charge >= 0.3 is 0 Å². The highest BCUT2D eigenvalue weighted by Crippen LogP contribution is 2.23. The second kappa shape index (κ2) is 2.39. The van der Waals surface area contributed by atoms with Gasteiger partial charge in [0.05, 0.1) is 0 Å². The molecule has 0 nitrogen and oxygen atoms in total. The fourth-order valence-corrected chi connectivity index (χ4v) is 1.36. The predicted molar refractivity (Wildman–Crippen MR) is 39.9 cm³/mol. The summed E-state index contributed by atoms with van der Waals surface area (Å²) in [7, 11) is 2.29.